The second-order valence-corrected chi connectivity index (χ2v) is 7.22. The number of nitrogens with one attached hydrogen (secondary N) is 2. The predicted molar refractivity (Wildman–Crippen MR) is 95.2 cm³/mol. The third-order valence-corrected chi connectivity index (χ3v) is 5.24. The zero-order valence-corrected chi connectivity index (χ0v) is 15.0. The van der Waals surface area contributed by atoms with Crippen molar-refractivity contribution in [2.45, 2.75) is 19.0 Å². The summed E-state index contributed by atoms with van der Waals surface area (Å²) in [5.74, 6) is -0.905. The quantitative estimate of drug-likeness (QED) is 0.786. The lowest BCUT2D eigenvalue weighted by Gasteiger charge is -2.23. The van der Waals surface area contributed by atoms with Crippen molar-refractivity contribution in [3.63, 3.8) is 0 Å². The molecule has 0 saturated carbocycles. The molecule has 1 atom stereocenters. The number of rotatable bonds is 5. The Balaban J connectivity index is 1.71. The molecule has 1 fully saturated rings. The fourth-order valence-corrected chi connectivity index (χ4v) is 3.66. The van der Waals surface area contributed by atoms with Gasteiger partial charge in [-0.25, -0.2) is 4.79 Å². The molecule has 4 amide bonds. The van der Waals surface area contributed by atoms with E-state index in [4.69, 9.17) is 11.6 Å². The molecule has 2 heterocycles. The monoisotopic (exact) mass is 377 g/mol. The summed E-state index contributed by atoms with van der Waals surface area (Å²) < 4.78 is 0. The fourth-order valence-electron chi connectivity index (χ4n) is 2.69. The van der Waals surface area contributed by atoms with Gasteiger partial charge in [-0.1, -0.05) is 35.9 Å². The number of amides is 4. The van der Waals surface area contributed by atoms with Crippen LogP contribution in [0.15, 0.2) is 41.8 Å². The van der Waals surface area contributed by atoms with Crippen LogP contribution in [0, 0.1) is 0 Å². The minimum Gasteiger partial charge on any atom is -0.350 e. The van der Waals surface area contributed by atoms with Gasteiger partial charge in [-0.2, -0.15) is 0 Å². The normalized spacial score (nSPS) is 19.8. The van der Waals surface area contributed by atoms with E-state index in [0.717, 1.165) is 9.78 Å². The summed E-state index contributed by atoms with van der Waals surface area (Å²) in [6, 6.07) is 9.98. The van der Waals surface area contributed by atoms with E-state index in [0.29, 0.717) is 17.1 Å². The maximum absolute atomic E-state index is 12.8. The van der Waals surface area contributed by atoms with Gasteiger partial charge in [0.2, 0.25) is 5.91 Å². The number of hydrogen-bond donors (Lipinski definition) is 2. The largest absolute Gasteiger partial charge is 0.350 e. The third kappa shape index (κ3) is 3.38. The van der Waals surface area contributed by atoms with Crippen molar-refractivity contribution in [1.82, 2.24) is 15.5 Å². The highest BCUT2D eigenvalue weighted by molar-refractivity contribution is 7.09. The molecule has 1 aromatic carbocycles. The van der Waals surface area contributed by atoms with E-state index in [-0.39, 0.29) is 6.54 Å². The minimum atomic E-state index is -1.29. The van der Waals surface area contributed by atoms with Gasteiger partial charge in [0.15, 0.2) is 0 Å². The molecule has 0 unspecified atom stereocenters. The van der Waals surface area contributed by atoms with Gasteiger partial charge in [0.25, 0.3) is 5.91 Å². The Hall–Kier alpha value is -2.38. The number of urea groups is 1. The molecule has 25 heavy (non-hydrogen) atoms. The molecule has 1 aliphatic rings. The molecule has 0 spiro atoms. The number of benzene rings is 1. The van der Waals surface area contributed by atoms with Crippen molar-refractivity contribution < 1.29 is 14.4 Å². The lowest BCUT2D eigenvalue weighted by Crippen LogP contribution is -2.43. The Bertz CT molecular complexity index is 824. The molecule has 1 aliphatic heterocycles. The first-order valence-corrected chi connectivity index (χ1v) is 8.86. The summed E-state index contributed by atoms with van der Waals surface area (Å²) in [7, 11) is 0. The molecular formula is C17H16ClN3O3S. The molecule has 3 rings (SSSR count). The predicted octanol–water partition coefficient (Wildman–Crippen LogP) is 2.48. The van der Waals surface area contributed by atoms with Crippen LogP contribution in [-0.2, 0) is 21.7 Å². The van der Waals surface area contributed by atoms with E-state index in [2.05, 4.69) is 10.6 Å². The number of imide groups is 1. The Morgan fingerprint density at radius 2 is 2.04 bits per heavy atom. The maximum Gasteiger partial charge on any atom is 0.325 e. The van der Waals surface area contributed by atoms with Crippen molar-refractivity contribution in [2.75, 3.05) is 6.54 Å². The molecule has 2 aromatic rings. The van der Waals surface area contributed by atoms with Gasteiger partial charge in [0, 0.05) is 15.5 Å². The van der Waals surface area contributed by atoms with Gasteiger partial charge in [-0.05, 0) is 24.4 Å². The summed E-state index contributed by atoms with van der Waals surface area (Å²) in [4.78, 5) is 39.0. The van der Waals surface area contributed by atoms with Crippen molar-refractivity contribution in [3.05, 3.63) is 57.2 Å². The van der Waals surface area contributed by atoms with Gasteiger partial charge in [0.05, 0.1) is 6.54 Å². The minimum absolute atomic E-state index is 0.337. The standard InChI is InChI=1S/C17H16ClN3O3S/c1-17(12-6-2-3-7-13(12)18)15(23)21(16(24)20-17)10-14(22)19-9-11-5-4-8-25-11/h2-8H,9-10H2,1H3,(H,19,22)(H,20,24)/t17-/m0/s1. The topological polar surface area (TPSA) is 78.5 Å². The second-order valence-electron chi connectivity index (χ2n) is 5.78. The third-order valence-electron chi connectivity index (χ3n) is 4.03. The lowest BCUT2D eigenvalue weighted by molar-refractivity contribution is -0.134. The van der Waals surface area contributed by atoms with Gasteiger partial charge >= 0.3 is 6.03 Å². The molecule has 1 aromatic heterocycles. The van der Waals surface area contributed by atoms with Crippen molar-refractivity contribution in [1.29, 1.82) is 0 Å². The Morgan fingerprint density at radius 3 is 2.72 bits per heavy atom. The van der Waals surface area contributed by atoms with Crippen LogP contribution in [-0.4, -0.2) is 29.3 Å². The Kier molecular flexibility index (Phi) is 4.78. The van der Waals surface area contributed by atoms with Crippen molar-refractivity contribution in [2.24, 2.45) is 0 Å². The van der Waals surface area contributed by atoms with Gasteiger partial charge in [-0.3, -0.25) is 14.5 Å². The SMILES string of the molecule is C[C@@]1(c2ccccc2Cl)NC(=O)N(CC(=O)NCc2cccs2)C1=O. The average molecular weight is 378 g/mol. The number of carbonyl (C=O) groups is 3. The maximum atomic E-state index is 12.8. The molecule has 1 saturated heterocycles. The van der Waals surface area contributed by atoms with Crippen LogP contribution in [0.1, 0.15) is 17.4 Å². The number of thiophene rings is 1. The summed E-state index contributed by atoms with van der Waals surface area (Å²) >= 11 is 7.69. The van der Waals surface area contributed by atoms with Gasteiger partial charge < -0.3 is 10.6 Å². The first-order chi connectivity index (χ1) is 11.9. The van der Waals surface area contributed by atoms with Crippen LogP contribution < -0.4 is 10.6 Å². The molecule has 8 heteroatoms. The molecule has 0 radical (unpaired) electrons. The van der Waals surface area contributed by atoms with E-state index in [9.17, 15) is 14.4 Å². The van der Waals surface area contributed by atoms with Crippen molar-refractivity contribution in [3.8, 4) is 0 Å². The summed E-state index contributed by atoms with van der Waals surface area (Å²) in [6.45, 7) is 1.61. The van der Waals surface area contributed by atoms with Crippen LogP contribution in [0.5, 0.6) is 0 Å². The highest BCUT2D eigenvalue weighted by atomic mass is 35.5. The zero-order valence-electron chi connectivity index (χ0n) is 13.4. The van der Waals surface area contributed by atoms with Gasteiger partial charge in [0.1, 0.15) is 12.1 Å². The Labute approximate surface area is 153 Å². The van der Waals surface area contributed by atoms with Crippen LogP contribution in [0.2, 0.25) is 5.02 Å². The smallest absolute Gasteiger partial charge is 0.325 e. The van der Waals surface area contributed by atoms with Crippen LogP contribution in [0.25, 0.3) is 0 Å². The summed E-state index contributed by atoms with van der Waals surface area (Å²) in [5.41, 5.74) is -0.791. The van der Waals surface area contributed by atoms with Crippen LogP contribution >= 0.6 is 22.9 Å². The van der Waals surface area contributed by atoms with E-state index in [1.807, 2.05) is 17.5 Å². The number of carbonyl (C=O) groups excluding carboxylic acids is 3. The van der Waals surface area contributed by atoms with Gasteiger partial charge in [-0.15, -0.1) is 11.3 Å². The molecular weight excluding hydrogens is 362 g/mol. The number of nitrogens with zero attached hydrogens (tertiary/aromatic N) is 1. The summed E-state index contributed by atoms with van der Waals surface area (Å²) in [5, 5.41) is 7.63. The molecule has 130 valence electrons. The average Bonchev–Trinajstić information content (AvgIpc) is 3.17. The number of halogens is 1. The van der Waals surface area contributed by atoms with E-state index in [1.54, 1.807) is 31.2 Å². The van der Waals surface area contributed by atoms with E-state index >= 15 is 0 Å². The summed E-state index contributed by atoms with van der Waals surface area (Å²) in [6.07, 6.45) is 0. The molecule has 2 N–H and O–H groups in total. The van der Waals surface area contributed by atoms with Crippen LogP contribution in [0.3, 0.4) is 0 Å². The highest BCUT2D eigenvalue weighted by Gasteiger charge is 2.50. The first-order valence-electron chi connectivity index (χ1n) is 7.60. The van der Waals surface area contributed by atoms with E-state index < -0.39 is 23.4 Å². The van der Waals surface area contributed by atoms with Crippen molar-refractivity contribution >= 4 is 40.8 Å². The first kappa shape index (κ1) is 17.4. The molecule has 0 bridgehead atoms. The Morgan fingerprint density at radius 1 is 1.28 bits per heavy atom. The lowest BCUT2D eigenvalue weighted by atomic mass is 9.92. The fraction of sp³-hybridized carbons (Fsp3) is 0.235. The van der Waals surface area contributed by atoms with E-state index in [1.165, 1.54) is 11.3 Å². The number of hydrogen-bond acceptors (Lipinski definition) is 4. The highest BCUT2D eigenvalue weighted by Crippen LogP contribution is 2.33. The van der Waals surface area contributed by atoms with Crippen LogP contribution in [0.4, 0.5) is 4.79 Å². The second kappa shape index (κ2) is 6.85. The molecule has 0 aliphatic carbocycles. The molecule has 6 nitrogen and oxygen atoms in total. The zero-order chi connectivity index (χ0) is 18.0.